The topological polar surface area (TPSA) is 46.4 Å². The second-order valence-electron chi connectivity index (χ2n) is 6.82. The van der Waals surface area contributed by atoms with E-state index in [2.05, 4.69) is 53.7 Å². The number of pyridine rings is 1. The molecule has 0 saturated heterocycles. The second-order valence-corrected chi connectivity index (χ2v) is 6.82. The molecule has 1 aromatic carbocycles. The maximum atomic E-state index is 12.0. The van der Waals surface area contributed by atoms with Crippen molar-refractivity contribution >= 4 is 17.6 Å². The van der Waals surface area contributed by atoms with Gasteiger partial charge in [0.05, 0.1) is 5.69 Å². The Morgan fingerprint density at radius 1 is 1.19 bits per heavy atom. The average molecular weight is 347 g/mol. The summed E-state index contributed by atoms with van der Waals surface area (Å²) >= 11 is 0. The Labute approximate surface area is 154 Å². The molecule has 0 atom stereocenters. The number of amides is 1. The summed E-state index contributed by atoms with van der Waals surface area (Å²) in [6.07, 6.45) is 6.17. The maximum absolute atomic E-state index is 12.0. The van der Waals surface area contributed by atoms with Crippen molar-refractivity contribution in [2.45, 2.75) is 33.1 Å². The number of carbonyl (C=O) groups is 1. The summed E-state index contributed by atoms with van der Waals surface area (Å²) in [5.41, 5.74) is 5.40. The first-order valence-corrected chi connectivity index (χ1v) is 9.02. The number of hydrogen-bond donors (Lipinski definition) is 1. The number of aryl methyl sites for hydroxylation is 1. The Bertz CT molecular complexity index is 920. The van der Waals surface area contributed by atoms with Crippen LogP contribution in [-0.4, -0.2) is 21.8 Å². The van der Waals surface area contributed by atoms with Crippen molar-refractivity contribution in [1.82, 2.24) is 14.7 Å². The number of nitrogens with one attached hydrogen (secondary N) is 1. The zero-order valence-electron chi connectivity index (χ0n) is 15.6. The molecule has 0 aliphatic rings. The number of carbonyl (C=O) groups excluding carboxylic acids is 1. The molecule has 0 unspecified atom stereocenters. The lowest BCUT2D eigenvalue weighted by atomic mass is 10.0. The molecule has 2 heterocycles. The van der Waals surface area contributed by atoms with Crippen molar-refractivity contribution in [3.8, 4) is 0 Å². The molecular formula is C22H25N3O. The number of rotatable bonds is 6. The van der Waals surface area contributed by atoms with Crippen LogP contribution in [0.5, 0.6) is 0 Å². The highest BCUT2D eigenvalue weighted by Gasteiger charge is 2.04. The summed E-state index contributed by atoms with van der Waals surface area (Å²) in [4.78, 5) is 16.6. The van der Waals surface area contributed by atoms with E-state index in [1.807, 2.05) is 36.5 Å². The zero-order chi connectivity index (χ0) is 18.5. The predicted molar refractivity (Wildman–Crippen MR) is 106 cm³/mol. The Balaban J connectivity index is 1.51. The van der Waals surface area contributed by atoms with Gasteiger partial charge in [0.2, 0.25) is 5.91 Å². The molecule has 134 valence electrons. The number of aromatic nitrogens is 2. The molecule has 3 rings (SSSR count). The normalized spacial score (nSPS) is 11.5. The van der Waals surface area contributed by atoms with Gasteiger partial charge in [-0.15, -0.1) is 0 Å². The minimum absolute atomic E-state index is 0.0853. The average Bonchev–Trinajstić information content (AvgIpc) is 3.05. The lowest BCUT2D eigenvalue weighted by Gasteiger charge is -2.04. The van der Waals surface area contributed by atoms with E-state index >= 15 is 0 Å². The molecule has 0 saturated carbocycles. The summed E-state index contributed by atoms with van der Waals surface area (Å²) in [6, 6.07) is 14.3. The molecule has 0 spiro atoms. The number of hydrogen-bond acceptors (Lipinski definition) is 2. The van der Waals surface area contributed by atoms with Gasteiger partial charge in [-0.25, -0.2) is 4.98 Å². The SMILES string of the molecule is Cc1cccc2nc(CCNC(=O)/C=C/c3ccc(C(C)C)cc3)cn12. The molecule has 0 radical (unpaired) electrons. The third-order valence-electron chi connectivity index (χ3n) is 4.46. The van der Waals surface area contributed by atoms with Gasteiger partial charge in [0.1, 0.15) is 5.65 Å². The molecule has 0 fully saturated rings. The van der Waals surface area contributed by atoms with Gasteiger partial charge < -0.3 is 9.72 Å². The van der Waals surface area contributed by atoms with Crippen LogP contribution in [0.2, 0.25) is 0 Å². The summed E-state index contributed by atoms with van der Waals surface area (Å²) in [5, 5.41) is 2.91. The minimum atomic E-state index is -0.0853. The lowest BCUT2D eigenvalue weighted by Crippen LogP contribution is -2.23. The van der Waals surface area contributed by atoms with Crippen LogP contribution in [0.1, 0.15) is 42.3 Å². The Morgan fingerprint density at radius 2 is 1.96 bits per heavy atom. The number of imidazole rings is 1. The molecule has 0 aliphatic heterocycles. The van der Waals surface area contributed by atoms with Crippen LogP contribution < -0.4 is 5.32 Å². The van der Waals surface area contributed by atoms with E-state index in [9.17, 15) is 4.79 Å². The molecule has 3 aromatic rings. The van der Waals surface area contributed by atoms with Crippen LogP contribution in [0.4, 0.5) is 0 Å². The van der Waals surface area contributed by atoms with E-state index in [1.165, 1.54) is 5.56 Å². The van der Waals surface area contributed by atoms with E-state index in [4.69, 9.17) is 0 Å². The van der Waals surface area contributed by atoms with Gasteiger partial charge in [-0.05, 0) is 42.2 Å². The van der Waals surface area contributed by atoms with Gasteiger partial charge in [0, 0.05) is 30.9 Å². The molecular weight excluding hydrogens is 322 g/mol. The third-order valence-corrected chi connectivity index (χ3v) is 4.46. The largest absolute Gasteiger partial charge is 0.352 e. The third kappa shape index (κ3) is 4.39. The van der Waals surface area contributed by atoms with Crippen molar-refractivity contribution < 1.29 is 4.79 Å². The molecule has 0 aliphatic carbocycles. The van der Waals surface area contributed by atoms with Crippen molar-refractivity contribution in [2.24, 2.45) is 0 Å². The fraction of sp³-hybridized carbons (Fsp3) is 0.273. The highest BCUT2D eigenvalue weighted by molar-refractivity contribution is 5.91. The molecule has 26 heavy (non-hydrogen) atoms. The fourth-order valence-electron chi connectivity index (χ4n) is 2.86. The van der Waals surface area contributed by atoms with E-state index in [0.29, 0.717) is 18.9 Å². The monoisotopic (exact) mass is 347 g/mol. The second kappa shape index (κ2) is 8.00. The van der Waals surface area contributed by atoms with E-state index < -0.39 is 0 Å². The summed E-state index contributed by atoms with van der Waals surface area (Å²) in [7, 11) is 0. The van der Waals surface area contributed by atoms with Crippen LogP contribution in [0.15, 0.2) is 54.7 Å². The first-order chi connectivity index (χ1) is 12.5. The van der Waals surface area contributed by atoms with Crippen molar-refractivity contribution in [1.29, 1.82) is 0 Å². The summed E-state index contributed by atoms with van der Waals surface area (Å²) < 4.78 is 2.07. The van der Waals surface area contributed by atoms with Crippen molar-refractivity contribution in [2.75, 3.05) is 6.54 Å². The summed E-state index contributed by atoms with van der Waals surface area (Å²) in [6.45, 7) is 6.96. The van der Waals surface area contributed by atoms with Crippen LogP contribution in [-0.2, 0) is 11.2 Å². The standard InChI is InChI=1S/C22H25N3O/c1-16(2)19-10-7-18(8-11-19)9-12-22(26)23-14-13-20-15-25-17(3)5-4-6-21(25)24-20/h4-12,15-16H,13-14H2,1-3H3,(H,23,26)/b12-9+. The van der Waals surface area contributed by atoms with Crippen LogP contribution in [0.25, 0.3) is 11.7 Å². The maximum Gasteiger partial charge on any atom is 0.244 e. The highest BCUT2D eigenvalue weighted by Crippen LogP contribution is 2.15. The van der Waals surface area contributed by atoms with Gasteiger partial charge in [0.25, 0.3) is 0 Å². The number of benzene rings is 1. The van der Waals surface area contributed by atoms with Crippen LogP contribution >= 0.6 is 0 Å². The van der Waals surface area contributed by atoms with Crippen molar-refractivity contribution in [3.05, 3.63) is 77.3 Å². The molecule has 4 heteroatoms. The number of fused-ring (bicyclic) bond motifs is 1. The minimum Gasteiger partial charge on any atom is -0.352 e. The van der Waals surface area contributed by atoms with Gasteiger partial charge in [0.15, 0.2) is 0 Å². The van der Waals surface area contributed by atoms with Crippen LogP contribution in [0.3, 0.4) is 0 Å². The van der Waals surface area contributed by atoms with Crippen molar-refractivity contribution in [3.63, 3.8) is 0 Å². The van der Waals surface area contributed by atoms with E-state index in [0.717, 1.165) is 22.6 Å². The Kier molecular flexibility index (Phi) is 5.52. The molecule has 1 N–H and O–H groups in total. The lowest BCUT2D eigenvalue weighted by molar-refractivity contribution is -0.116. The molecule has 1 amide bonds. The molecule has 4 nitrogen and oxygen atoms in total. The van der Waals surface area contributed by atoms with Gasteiger partial charge in [-0.3, -0.25) is 4.79 Å². The smallest absolute Gasteiger partial charge is 0.244 e. The highest BCUT2D eigenvalue weighted by atomic mass is 16.1. The Morgan fingerprint density at radius 3 is 2.65 bits per heavy atom. The predicted octanol–water partition coefficient (Wildman–Crippen LogP) is 4.14. The Hall–Kier alpha value is -2.88. The van der Waals surface area contributed by atoms with E-state index in [-0.39, 0.29) is 5.91 Å². The van der Waals surface area contributed by atoms with Gasteiger partial charge >= 0.3 is 0 Å². The molecule has 0 bridgehead atoms. The zero-order valence-corrected chi connectivity index (χ0v) is 15.6. The fourth-order valence-corrected chi connectivity index (χ4v) is 2.86. The summed E-state index contributed by atoms with van der Waals surface area (Å²) in [5.74, 6) is 0.428. The molecule has 2 aromatic heterocycles. The van der Waals surface area contributed by atoms with E-state index in [1.54, 1.807) is 6.08 Å². The first-order valence-electron chi connectivity index (χ1n) is 9.02. The number of nitrogens with zero attached hydrogens (tertiary/aromatic N) is 2. The quantitative estimate of drug-likeness (QED) is 0.681. The first kappa shape index (κ1) is 17.9. The van der Waals surface area contributed by atoms with Gasteiger partial charge in [-0.1, -0.05) is 44.2 Å². The van der Waals surface area contributed by atoms with Gasteiger partial charge in [-0.2, -0.15) is 0 Å². The van der Waals surface area contributed by atoms with Crippen LogP contribution in [0, 0.1) is 6.92 Å².